The van der Waals surface area contributed by atoms with Gasteiger partial charge in [0.05, 0.1) is 0 Å². The van der Waals surface area contributed by atoms with E-state index in [1.165, 1.54) is 18.6 Å². The molecule has 0 spiro atoms. The Morgan fingerprint density at radius 2 is 1.94 bits per heavy atom. The van der Waals surface area contributed by atoms with Crippen LogP contribution in [0.3, 0.4) is 0 Å². The third-order valence-electron chi connectivity index (χ3n) is 5.70. The maximum Gasteiger partial charge on any atom is 0.234 e. The molecular weight excluding hydrogens is 449 g/mol. The van der Waals surface area contributed by atoms with Gasteiger partial charge in [-0.05, 0) is 73.6 Å². The highest BCUT2D eigenvalue weighted by Crippen LogP contribution is 2.27. The first-order chi connectivity index (χ1) is 16.5. The molecule has 34 heavy (non-hydrogen) atoms. The fraction of sp³-hybridized carbons (Fsp3) is 0.346. The van der Waals surface area contributed by atoms with Crippen molar-refractivity contribution in [3.8, 4) is 11.6 Å². The molecule has 1 aliphatic rings. The Hall–Kier alpha value is -3.26. The Morgan fingerprint density at radius 1 is 1.15 bits per heavy atom. The summed E-state index contributed by atoms with van der Waals surface area (Å²) in [6.07, 6.45) is 4.06. The van der Waals surface area contributed by atoms with Gasteiger partial charge in [-0.3, -0.25) is 0 Å². The highest BCUT2D eigenvalue weighted by molar-refractivity contribution is 7.80. The highest BCUT2D eigenvalue weighted by atomic mass is 32.1. The van der Waals surface area contributed by atoms with E-state index in [1.807, 2.05) is 36.4 Å². The average Bonchev–Trinajstić information content (AvgIpc) is 2.83. The SMILES string of the molecule is C[C@H]1CCCN(c2cc(Oc3ccccc3)nc(NC(=S)NCCCc3ccc(F)cc3)n2)C1. The number of piperidine rings is 1. The van der Waals surface area contributed by atoms with E-state index in [2.05, 4.69) is 27.4 Å². The summed E-state index contributed by atoms with van der Waals surface area (Å²) >= 11 is 5.47. The van der Waals surface area contributed by atoms with Crippen molar-refractivity contribution in [3.05, 3.63) is 72.0 Å². The second-order valence-corrected chi connectivity index (χ2v) is 9.02. The molecule has 2 aromatic carbocycles. The molecule has 1 aromatic heterocycles. The maximum atomic E-state index is 13.0. The van der Waals surface area contributed by atoms with E-state index in [1.54, 1.807) is 12.1 Å². The standard InChI is InChI=1S/C26H30FN5OS/c1-19-7-6-16-32(18-19)23-17-24(33-22-9-3-2-4-10-22)30-25(29-23)31-26(34)28-15-5-8-20-11-13-21(27)14-12-20/h2-4,9-14,17,19H,5-8,15-16,18H2,1H3,(H2,28,29,30,31,34)/t19-/m0/s1. The zero-order valence-electron chi connectivity index (χ0n) is 19.3. The monoisotopic (exact) mass is 479 g/mol. The van der Waals surface area contributed by atoms with Gasteiger partial charge in [0, 0.05) is 25.7 Å². The Balaban J connectivity index is 1.39. The van der Waals surface area contributed by atoms with E-state index in [9.17, 15) is 4.39 Å². The minimum atomic E-state index is -0.218. The number of nitrogens with one attached hydrogen (secondary N) is 2. The fourth-order valence-electron chi connectivity index (χ4n) is 3.98. The number of aromatic nitrogens is 2. The molecule has 0 unspecified atom stereocenters. The molecule has 0 amide bonds. The van der Waals surface area contributed by atoms with Crippen molar-refractivity contribution in [2.45, 2.75) is 32.6 Å². The zero-order valence-corrected chi connectivity index (χ0v) is 20.2. The lowest BCUT2D eigenvalue weighted by atomic mass is 10.0. The summed E-state index contributed by atoms with van der Waals surface area (Å²) in [6, 6.07) is 18.0. The molecule has 0 aliphatic carbocycles. The van der Waals surface area contributed by atoms with Crippen LogP contribution in [0.5, 0.6) is 11.6 Å². The summed E-state index contributed by atoms with van der Waals surface area (Å²) in [5, 5.41) is 6.76. The predicted molar refractivity (Wildman–Crippen MR) is 138 cm³/mol. The topological polar surface area (TPSA) is 62.3 Å². The van der Waals surface area contributed by atoms with Crippen LogP contribution in [0.1, 0.15) is 31.7 Å². The van der Waals surface area contributed by atoms with Gasteiger partial charge in [-0.2, -0.15) is 9.97 Å². The summed E-state index contributed by atoms with van der Waals surface area (Å²) in [4.78, 5) is 11.5. The molecule has 3 aromatic rings. The summed E-state index contributed by atoms with van der Waals surface area (Å²) in [7, 11) is 0. The summed E-state index contributed by atoms with van der Waals surface area (Å²) < 4.78 is 19.0. The van der Waals surface area contributed by atoms with Crippen molar-refractivity contribution in [2.24, 2.45) is 5.92 Å². The molecule has 178 valence electrons. The lowest BCUT2D eigenvalue weighted by Gasteiger charge is -2.32. The van der Waals surface area contributed by atoms with Gasteiger partial charge >= 0.3 is 0 Å². The smallest absolute Gasteiger partial charge is 0.234 e. The number of hydrogen-bond donors (Lipinski definition) is 2. The number of para-hydroxylation sites is 1. The average molecular weight is 480 g/mol. The Labute approximate surface area is 205 Å². The first-order valence-electron chi connectivity index (χ1n) is 11.7. The highest BCUT2D eigenvalue weighted by Gasteiger charge is 2.20. The van der Waals surface area contributed by atoms with Gasteiger partial charge in [-0.1, -0.05) is 37.3 Å². The lowest BCUT2D eigenvalue weighted by Crippen LogP contribution is -2.35. The molecule has 1 atom stereocenters. The largest absolute Gasteiger partial charge is 0.439 e. The van der Waals surface area contributed by atoms with Crippen molar-refractivity contribution in [1.82, 2.24) is 15.3 Å². The van der Waals surface area contributed by atoms with Gasteiger partial charge in [0.25, 0.3) is 0 Å². The van der Waals surface area contributed by atoms with E-state index >= 15 is 0 Å². The van der Waals surface area contributed by atoms with E-state index < -0.39 is 0 Å². The number of rotatable bonds is 8. The first kappa shape index (κ1) is 23.9. The third-order valence-corrected chi connectivity index (χ3v) is 5.95. The zero-order chi connectivity index (χ0) is 23.8. The molecule has 2 N–H and O–H groups in total. The Morgan fingerprint density at radius 3 is 2.71 bits per heavy atom. The van der Waals surface area contributed by atoms with Crippen LogP contribution in [0.15, 0.2) is 60.7 Å². The van der Waals surface area contributed by atoms with Gasteiger partial charge in [0.1, 0.15) is 17.4 Å². The number of nitrogens with zero attached hydrogens (tertiary/aromatic N) is 3. The molecule has 0 radical (unpaired) electrons. The molecule has 0 saturated carbocycles. The number of anilines is 2. The number of hydrogen-bond acceptors (Lipinski definition) is 5. The number of ether oxygens (including phenoxy) is 1. The van der Waals surface area contributed by atoms with Crippen molar-refractivity contribution >= 4 is 29.1 Å². The van der Waals surface area contributed by atoms with Crippen LogP contribution in [0.2, 0.25) is 0 Å². The third kappa shape index (κ3) is 7.12. The second-order valence-electron chi connectivity index (χ2n) is 8.61. The molecule has 2 heterocycles. The summed E-state index contributed by atoms with van der Waals surface area (Å²) in [5.74, 6) is 2.81. The van der Waals surface area contributed by atoms with Crippen LogP contribution >= 0.6 is 12.2 Å². The molecule has 1 saturated heterocycles. The van der Waals surface area contributed by atoms with Crippen LogP contribution in [0.4, 0.5) is 16.2 Å². The molecule has 6 nitrogen and oxygen atoms in total. The molecule has 1 fully saturated rings. The van der Waals surface area contributed by atoms with Crippen LogP contribution in [0.25, 0.3) is 0 Å². The quantitative estimate of drug-likeness (QED) is 0.324. The minimum absolute atomic E-state index is 0.218. The van der Waals surface area contributed by atoms with Crippen molar-refractivity contribution in [3.63, 3.8) is 0 Å². The van der Waals surface area contributed by atoms with Crippen molar-refractivity contribution < 1.29 is 9.13 Å². The molecule has 8 heteroatoms. The van der Waals surface area contributed by atoms with Gasteiger partial charge in [0.2, 0.25) is 11.8 Å². The summed E-state index contributed by atoms with van der Waals surface area (Å²) in [6.45, 7) is 4.85. The van der Waals surface area contributed by atoms with Crippen LogP contribution in [0, 0.1) is 11.7 Å². The summed E-state index contributed by atoms with van der Waals surface area (Å²) in [5.41, 5.74) is 1.09. The Bertz CT molecular complexity index is 1080. The number of halogens is 1. The Kier molecular flexibility index (Phi) is 8.25. The lowest BCUT2D eigenvalue weighted by molar-refractivity contribution is 0.440. The maximum absolute atomic E-state index is 13.0. The van der Waals surface area contributed by atoms with Crippen LogP contribution in [-0.2, 0) is 6.42 Å². The minimum Gasteiger partial charge on any atom is -0.439 e. The van der Waals surface area contributed by atoms with E-state index in [4.69, 9.17) is 21.9 Å². The van der Waals surface area contributed by atoms with Gasteiger partial charge in [0.15, 0.2) is 5.11 Å². The normalized spacial score (nSPS) is 15.6. The van der Waals surface area contributed by atoms with E-state index in [0.717, 1.165) is 43.7 Å². The van der Waals surface area contributed by atoms with Gasteiger partial charge in [-0.25, -0.2) is 4.39 Å². The van der Waals surface area contributed by atoms with Gasteiger partial charge in [-0.15, -0.1) is 0 Å². The van der Waals surface area contributed by atoms with Crippen molar-refractivity contribution in [1.29, 1.82) is 0 Å². The fourth-order valence-corrected chi connectivity index (χ4v) is 4.17. The second kappa shape index (κ2) is 11.7. The molecule has 4 rings (SSSR count). The predicted octanol–water partition coefficient (Wildman–Crippen LogP) is 5.56. The van der Waals surface area contributed by atoms with Crippen molar-refractivity contribution in [2.75, 3.05) is 29.9 Å². The molecular formula is C26H30FN5OS. The van der Waals surface area contributed by atoms with Crippen LogP contribution < -0.4 is 20.3 Å². The molecule has 0 bridgehead atoms. The number of thiocarbonyl (C=S) groups is 1. The van der Waals surface area contributed by atoms with E-state index in [0.29, 0.717) is 35.2 Å². The number of aryl methyl sites for hydroxylation is 1. The van der Waals surface area contributed by atoms with Crippen LogP contribution in [-0.4, -0.2) is 34.7 Å². The number of benzene rings is 2. The van der Waals surface area contributed by atoms with Gasteiger partial charge < -0.3 is 20.3 Å². The first-order valence-corrected chi connectivity index (χ1v) is 12.1. The van der Waals surface area contributed by atoms with E-state index in [-0.39, 0.29) is 5.82 Å². The molecule has 1 aliphatic heterocycles.